The molecule has 0 aromatic carbocycles. The number of carboxylic acid groups (broad SMARTS) is 1. The predicted molar refractivity (Wildman–Crippen MR) is 69.1 cm³/mol. The first-order valence-corrected chi connectivity index (χ1v) is 5.78. The van der Waals surface area contributed by atoms with E-state index in [4.69, 9.17) is 9.84 Å². The normalized spacial score (nSPS) is 11.2. The standard InChI is InChI=1S/C13H18N2O4/c1-13(2,3)15-11(16)9-5-8(7-19-4)14-6-10(9)12(17)18/h5-6H,7H2,1-4H3,(H,15,16)(H,17,18). The van der Waals surface area contributed by atoms with Crippen LogP contribution >= 0.6 is 0 Å². The van der Waals surface area contributed by atoms with Crippen molar-refractivity contribution in [1.29, 1.82) is 0 Å². The lowest BCUT2D eigenvalue weighted by molar-refractivity contribution is 0.0689. The first kappa shape index (κ1) is 15.1. The molecule has 1 aromatic rings. The Hall–Kier alpha value is -1.95. The molecule has 0 saturated heterocycles. The zero-order chi connectivity index (χ0) is 14.6. The van der Waals surface area contributed by atoms with Crippen LogP contribution in [0, 0.1) is 0 Å². The molecule has 6 heteroatoms. The molecule has 104 valence electrons. The van der Waals surface area contributed by atoms with Crippen molar-refractivity contribution in [3.05, 3.63) is 29.1 Å². The Kier molecular flexibility index (Phi) is 4.61. The minimum atomic E-state index is -1.18. The molecule has 0 fully saturated rings. The van der Waals surface area contributed by atoms with Gasteiger partial charge in [-0.3, -0.25) is 9.78 Å². The topological polar surface area (TPSA) is 88.5 Å². The lowest BCUT2D eigenvalue weighted by Crippen LogP contribution is -2.41. The average molecular weight is 266 g/mol. The minimum absolute atomic E-state index is 0.0875. The molecule has 0 aliphatic heterocycles. The smallest absolute Gasteiger partial charge is 0.338 e. The van der Waals surface area contributed by atoms with Gasteiger partial charge in [0.1, 0.15) is 0 Å². The number of amides is 1. The van der Waals surface area contributed by atoms with Gasteiger partial charge in [-0.05, 0) is 26.8 Å². The molecule has 1 heterocycles. The van der Waals surface area contributed by atoms with Crippen molar-refractivity contribution in [2.75, 3.05) is 7.11 Å². The van der Waals surface area contributed by atoms with Crippen molar-refractivity contribution >= 4 is 11.9 Å². The molecule has 1 aromatic heterocycles. The Balaban J connectivity index is 3.17. The van der Waals surface area contributed by atoms with Gasteiger partial charge in [0.25, 0.3) is 5.91 Å². The third-order valence-corrected chi connectivity index (χ3v) is 2.22. The number of hydrogen-bond acceptors (Lipinski definition) is 4. The highest BCUT2D eigenvalue weighted by Crippen LogP contribution is 2.12. The van der Waals surface area contributed by atoms with Gasteiger partial charge in [0, 0.05) is 18.8 Å². The maximum Gasteiger partial charge on any atom is 0.338 e. The molecule has 2 N–H and O–H groups in total. The number of rotatable bonds is 4. The number of aromatic carboxylic acids is 1. The fourth-order valence-electron chi connectivity index (χ4n) is 1.49. The summed E-state index contributed by atoms with van der Waals surface area (Å²) in [5, 5.41) is 11.8. The van der Waals surface area contributed by atoms with Crippen molar-refractivity contribution in [1.82, 2.24) is 10.3 Å². The van der Waals surface area contributed by atoms with Crippen LogP contribution in [0.2, 0.25) is 0 Å². The Bertz CT molecular complexity index is 492. The van der Waals surface area contributed by atoms with Crippen molar-refractivity contribution < 1.29 is 19.4 Å². The van der Waals surface area contributed by atoms with Gasteiger partial charge in [0.05, 0.1) is 23.4 Å². The van der Waals surface area contributed by atoms with Crippen molar-refractivity contribution in [3.8, 4) is 0 Å². The van der Waals surface area contributed by atoms with Crippen LogP contribution in [0.15, 0.2) is 12.3 Å². The fraction of sp³-hybridized carbons (Fsp3) is 0.462. The summed E-state index contributed by atoms with van der Waals surface area (Å²) in [5.41, 5.74) is 0.0232. The second-order valence-electron chi connectivity index (χ2n) is 5.16. The number of nitrogens with zero attached hydrogens (tertiary/aromatic N) is 1. The van der Waals surface area contributed by atoms with E-state index in [1.54, 1.807) is 0 Å². The highest BCUT2D eigenvalue weighted by atomic mass is 16.5. The zero-order valence-corrected chi connectivity index (χ0v) is 11.5. The zero-order valence-electron chi connectivity index (χ0n) is 11.5. The van der Waals surface area contributed by atoms with Gasteiger partial charge < -0.3 is 15.2 Å². The highest BCUT2D eigenvalue weighted by Gasteiger charge is 2.21. The van der Waals surface area contributed by atoms with E-state index in [1.807, 2.05) is 20.8 Å². The predicted octanol–water partition coefficient (Wildman–Crippen LogP) is 1.45. The first-order chi connectivity index (χ1) is 8.74. The number of carbonyl (C=O) groups is 2. The summed E-state index contributed by atoms with van der Waals surface area (Å²) < 4.78 is 4.92. The summed E-state index contributed by atoms with van der Waals surface area (Å²) in [5.74, 6) is -1.62. The lowest BCUT2D eigenvalue weighted by atomic mass is 10.0. The van der Waals surface area contributed by atoms with Crippen LogP contribution in [-0.4, -0.2) is 34.6 Å². The number of aromatic nitrogens is 1. The van der Waals surface area contributed by atoms with Gasteiger partial charge in [0.2, 0.25) is 0 Å². The lowest BCUT2D eigenvalue weighted by Gasteiger charge is -2.21. The van der Waals surface area contributed by atoms with Crippen LogP contribution in [0.5, 0.6) is 0 Å². The summed E-state index contributed by atoms with van der Waals surface area (Å²) >= 11 is 0. The summed E-state index contributed by atoms with van der Waals surface area (Å²) in [7, 11) is 1.50. The molecular formula is C13H18N2O4. The number of methoxy groups -OCH3 is 1. The molecule has 0 spiro atoms. The maximum atomic E-state index is 12.1. The van der Waals surface area contributed by atoms with Crippen molar-refractivity contribution in [2.24, 2.45) is 0 Å². The second kappa shape index (κ2) is 5.79. The second-order valence-corrected chi connectivity index (χ2v) is 5.16. The molecule has 1 rings (SSSR count). The van der Waals surface area contributed by atoms with E-state index in [-0.39, 0.29) is 17.7 Å². The molecule has 0 bridgehead atoms. The average Bonchev–Trinajstić information content (AvgIpc) is 2.26. The molecule has 0 atom stereocenters. The van der Waals surface area contributed by atoms with Gasteiger partial charge in [-0.25, -0.2) is 4.79 Å². The number of ether oxygens (including phenoxy) is 1. The number of carbonyl (C=O) groups excluding carboxylic acids is 1. The van der Waals surface area contributed by atoms with Gasteiger partial charge in [0.15, 0.2) is 0 Å². The summed E-state index contributed by atoms with van der Waals surface area (Å²) in [6.45, 7) is 5.68. The highest BCUT2D eigenvalue weighted by molar-refractivity contribution is 6.04. The largest absolute Gasteiger partial charge is 0.478 e. The quantitative estimate of drug-likeness (QED) is 0.861. The fourth-order valence-corrected chi connectivity index (χ4v) is 1.49. The van der Waals surface area contributed by atoms with Crippen LogP contribution in [-0.2, 0) is 11.3 Å². The molecule has 0 aliphatic carbocycles. The molecule has 0 unspecified atom stereocenters. The molecule has 0 aliphatic rings. The van der Waals surface area contributed by atoms with E-state index in [0.717, 1.165) is 0 Å². The number of carboxylic acids is 1. The monoisotopic (exact) mass is 266 g/mol. The Morgan fingerprint density at radius 3 is 2.47 bits per heavy atom. The van der Waals surface area contributed by atoms with Crippen LogP contribution in [0.1, 0.15) is 47.2 Å². The van der Waals surface area contributed by atoms with E-state index >= 15 is 0 Å². The third kappa shape index (κ3) is 4.33. The van der Waals surface area contributed by atoms with Gasteiger partial charge in [-0.2, -0.15) is 0 Å². The Labute approximate surface area is 111 Å². The van der Waals surface area contributed by atoms with Gasteiger partial charge in [-0.15, -0.1) is 0 Å². The van der Waals surface area contributed by atoms with Crippen molar-refractivity contribution in [3.63, 3.8) is 0 Å². The summed E-state index contributed by atoms with van der Waals surface area (Å²) in [6.07, 6.45) is 1.17. The van der Waals surface area contributed by atoms with Crippen LogP contribution in [0.4, 0.5) is 0 Å². The van der Waals surface area contributed by atoms with Crippen molar-refractivity contribution in [2.45, 2.75) is 32.9 Å². The van der Waals surface area contributed by atoms with E-state index in [0.29, 0.717) is 5.69 Å². The third-order valence-electron chi connectivity index (χ3n) is 2.22. The van der Waals surface area contributed by atoms with E-state index in [2.05, 4.69) is 10.3 Å². The number of pyridine rings is 1. The van der Waals surface area contributed by atoms with E-state index in [9.17, 15) is 9.59 Å². The molecule has 0 radical (unpaired) electrons. The molecule has 19 heavy (non-hydrogen) atoms. The Morgan fingerprint density at radius 2 is 2.00 bits per heavy atom. The molecule has 1 amide bonds. The summed E-state index contributed by atoms with van der Waals surface area (Å²) in [4.78, 5) is 27.2. The molecular weight excluding hydrogens is 248 g/mol. The van der Waals surface area contributed by atoms with E-state index in [1.165, 1.54) is 19.4 Å². The molecule has 0 saturated carbocycles. The maximum absolute atomic E-state index is 12.1. The molecule has 6 nitrogen and oxygen atoms in total. The first-order valence-electron chi connectivity index (χ1n) is 5.78. The van der Waals surface area contributed by atoms with Crippen LogP contribution in [0.25, 0.3) is 0 Å². The van der Waals surface area contributed by atoms with Crippen LogP contribution in [0.3, 0.4) is 0 Å². The summed E-state index contributed by atoms with van der Waals surface area (Å²) in [6, 6.07) is 1.44. The number of nitrogens with one attached hydrogen (secondary N) is 1. The minimum Gasteiger partial charge on any atom is -0.478 e. The number of hydrogen-bond donors (Lipinski definition) is 2. The van der Waals surface area contributed by atoms with E-state index < -0.39 is 17.4 Å². The van der Waals surface area contributed by atoms with Crippen LogP contribution < -0.4 is 5.32 Å². The Morgan fingerprint density at radius 1 is 1.37 bits per heavy atom. The van der Waals surface area contributed by atoms with Gasteiger partial charge >= 0.3 is 5.97 Å². The SMILES string of the molecule is COCc1cc(C(=O)NC(C)(C)C)c(C(=O)O)cn1. The van der Waals surface area contributed by atoms with Gasteiger partial charge in [-0.1, -0.05) is 0 Å².